The first-order valence-electron chi connectivity index (χ1n) is 9.81. The molecule has 160 valence electrons. The molecule has 0 atom stereocenters. The number of benzene rings is 2. The van der Waals surface area contributed by atoms with Crippen molar-refractivity contribution in [1.82, 2.24) is 15.8 Å². The van der Waals surface area contributed by atoms with E-state index in [1.165, 1.54) is 16.7 Å². The molecule has 2 N–H and O–H groups in total. The number of amides is 3. The van der Waals surface area contributed by atoms with Gasteiger partial charge in [0.2, 0.25) is 5.91 Å². The number of carbonyl (C=O) groups excluding carboxylic acids is 3. The molecule has 1 aliphatic heterocycles. The lowest BCUT2D eigenvalue weighted by atomic mass is 10.1. The Balaban J connectivity index is 1.45. The third-order valence-electron chi connectivity index (χ3n) is 4.66. The van der Waals surface area contributed by atoms with E-state index in [0.717, 1.165) is 16.7 Å². The van der Waals surface area contributed by atoms with Gasteiger partial charge < -0.3 is 0 Å². The van der Waals surface area contributed by atoms with E-state index in [2.05, 4.69) is 10.9 Å². The lowest BCUT2D eigenvalue weighted by molar-refractivity contribution is -0.124. The Morgan fingerprint density at radius 1 is 1.00 bits per heavy atom. The van der Waals surface area contributed by atoms with E-state index in [1.807, 2.05) is 56.3 Å². The minimum atomic E-state index is -0.383. The lowest BCUT2D eigenvalue weighted by Gasteiger charge is -2.14. The Morgan fingerprint density at radius 3 is 2.26 bits per heavy atom. The minimum Gasteiger partial charge on any atom is -0.293 e. The zero-order chi connectivity index (χ0) is 22.4. The summed E-state index contributed by atoms with van der Waals surface area (Å²) >= 11 is 6.59. The molecule has 0 aromatic heterocycles. The van der Waals surface area contributed by atoms with Gasteiger partial charge in [-0.2, -0.15) is 0 Å². The zero-order valence-electron chi connectivity index (χ0n) is 17.3. The number of nitrogens with one attached hydrogen (secondary N) is 2. The van der Waals surface area contributed by atoms with Gasteiger partial charge in [0, 0.05) is 18.5 Å². The average Bonchev–Trinajstić information content (AvgIpc) is 3.01. The molecule has 3 rings (SSSR count). The third-order valence-corrected chi connectivity index (χ3v) is 6.04. The van der Waals surface area contributed by atoms with Crippen molar-refractivity contribution in [3.63, 3.8) is 0 Å². The normalized spacial score (nSPS) is 14.8. The fourth-order valence-electron chi connectivity index (χ4n) is 2.87. The van der Waals surface area contributed by atoms with Crippen molar-refractivity contribution in [2.45, 2.75) is 26.7 Å². The number of hydrogen-bond acceptors (Lipinski definition) is 5. The molecule has 0 unspecified atom stereocenters. The van der Waals surface area contributed by atoms with Crippen LogP contribution in [0.2, 0.25) is 0 Å². The van der Waals surface area contributed by atoms with E-state index in [9.17, 15) is 14.4 Å². The highest BCUT2D eigenvalue weighted by Crippen LogP contribution is 2.32. The Hall–Kier alpha value is -2.97. The van der Waals surface area contributed by atoms with Gasteiger partial charge in [-0.1, -0.05) is 71.5 Å². The van der Waals surface area contributed by atoms with Crippen LogP contribution in [0.3, 0.4) is 0 Å². The summed E-state index contributed by atoms with van der Waals surface area (Å²) in [4.78, 5) is 38.8. The topological polar surface area (TPSA) is 78.5 Å². The van der Waals surface area contributed by atoms with Crippen molar-refractivity contribution in [2.75, 3.05) is 6.54 Å². The molecule has 1 heterocycles. The second kappa shape index (κ2) is 10.4. The highest BCUT2D eigenvalue weighted by atomic mass is 32.2. The summed E-state index contributed by atoms with van der Waals surface area (Å²) in [6.07, 6.45) is 2.41. The van der Waals surface area contributed by atoms with Gasteiger partial charge in [-0.05, 0) is 44.0 Å². The lowest BCUT2D eigenvalue weighted by Crippen LogP contribution is -2.41. The third kappa shape index (κ3) is 6.26. The molecule has 1 aliphatic rings. The second-order valence-corrected chi connectivity index (χ2v) is 8.89. The standard InChI is InChI=1S/C23H23N3O3S2/c1-15-5-9-17(10-6-15)14-19-22(29)26(23(30)31-19)13-3-4-20(27)24-25-21(28)18-11-7-16(2)8-12-18/h5-12,14H,3-4,13H2,1-2H3,(H,24,27)(H,25,28)/b19-14-. The van der Waals surface area contributed by atoms with E-state index in [4.69, 9.17) is 12.2 Å². The first-order valence-corrected chi connectivity index (χ1v) is 11.0. The van der Waals surface area contributed by atoms with Crippen molar-refractivity contribution in [3.8, 4) is 0 Å². The molecular weight excluding hydrogens is 430 g/mol. The van der Waals surface area contributed by atoms with E-state index < -0.39 is 0 Å². The summed E-state index contributed by atoms with van der Waals surface area (Å²) in [7, 11) is 0. The second-order valence-electron chi connectivity index (χ2n) is 7.22. The Labute approximate surface area is 191 Å². The van der Waals surface area contributed by atoms with Crippen LogP contribution in [0, 0.1) is 13.8 Å². The van der Waals surface area contributed by atoms with Crippen LogP contribution in [0.1, 0.15) is 39.9 Å². The number of thiocarbonyl (C=S) groups is 1. The van der Waals surface area contributed by atoms with Gasteiger partial charge in [0.15, 0.2) is 0 Å². The monoisotopic (exact) mass is 453 g/mol. The quantitative estimate of drug-likeness (QED) is 0.396. The highest BCUT2D eigenvalue weighted by Gasteiger charge is 2.31. The van der Waals surface area contributed by atoms with Gasteiger partial charge in [-0.25, -0.2) is 0 Å². The van der Waals surface area contributed by atoms with Crippen LogP contribution >= 0.6 is 24.0 Å². The van der Waals surface area contributed by atoms with Gasteiger partial charge in [0.05, 0.1) is 4.91 Å². The summed E-state index contributed by atoms with van der Waals surface area (Å²) in [5, 5.41) is 0. The first kappa shape index (κ1) is 22.7. The van der Waals surface area contributed by atoms with Crippen LogP contribution in [0.4, 0.5) is 0 Å². The van der Waals surface area contributed by atoms with Gasteiger partial charge in [-0.3, -0.25) is 30.1 Å². The van der Waals surface area contributed by atoms with Crippen LogP contribution in [-0.2, 0) is 9.59 Å². The van der Waals surface area contributed by atoms with E-state index in [1.54, 1.807) is 12.1 Å². The Morgan fingerprint density at radius 2 is 1.61 bits per heavy atom. The molecule has 2 aromatic carbocycles. The summed E-state index contributed by atoms with van der Waals surface area (Å²) in [6.45, 7) is 4.28. The van der Waals surface area contributed by atoms with Crippen LogP contribution in [0.25, 0.3) is 6.08 Å². The van der Waals surface area contributed by atoms with Gasteiger partial charge in [-0.15, -0.1) is 0 Å². The van der Waals surface area contributed by atoms with Gasteiger partial charge in [0.1, 0.15) is 4.32 Å². The minimum absolute atomic E-state index is 0.149. The van der Waals surface area contributed by atoms with Crippen LogP contribution in [0.15, 0.2) is 53.4 Å². The molecule has 0 aliphatic carbocycles. The summed E-state index contributed by atoms with van der Waals surface area (Å²) in [6, 6.07) is 14.9. The fourth-order valence-corrected chi connectivity index (χ4v) is 4.18. The van der Waals surface area contributed by atoms with E-state index in [0.29, 0.717) is 27.8 Å². The highest BCUT2D eigenvalue weighted by molar-refractivity contribution is 8.26. The molecule has 0 spiro atoms. The molecule has 0 radical (unpaired) electrons. The molecule has 8 heteroatoms. The molecular formula is C23H23N3O3S2. The van der Waals surface area contributed by atoms with Crippen LogP contribution in [-0.4, -0.2) is 33.5 Å². The van der Waals surface area contributed by atoms with E-state index >= 15 is 0 Å². The fraction of sp³-hybridized carbons (Fsp3) is 0.217. The summed E-state index contributed by atoms with van der Waals surface area (Å²) in [5.41, 5.74) is 8.39. The maximum Gasteiger partial charge on any atom is 0.269 e. The average molecular weight is 454 g/mol. The number of hydrogen-bond donors (Lipinski definition) is 2. The number of carbonyl (C=O) groups is 3. The van der Waals surface area contributed by atoms with Crippen LogP contribution in [0.5, 0.6) is 0 Å². The molecule has 0 bridgehead atoms. The predicted molar refractivity (Wildman–Crippen MR) is 127 cm³/mol. The zero-order valence-corrected chi connectivity index (χ0v) is 18.9. The molecule has 1 fully saturated rings. The van der Waals surface area contributed by atoms with Gasteiger partial charge in [0.25, 0.3) is 11.8 Å². The maximum atomic E-state index is 12.7. The number of aryl methyl sites for hydroxylation is 2. The molecule has 0 saturated carbocycles. The first-order chi connectivity index (χ1) is 14.8. The summed E-state index contributed by atoms with van der Waals surface area (Å²) < 4.78 is 0.483. The largest absolute Gasteiger partial charge is 0.293 e. The maximum absolute atomic E-state index is 12.7. The SMILES string of the molecule is Cc1ccc(/C=C2\SC(=S)N(CCCC(=O)NNC(=O)c3ccc(C)cc3)C2=O)cc1. The summed E-state index contributed by atoms with van der Waals surface area (Å²) in [5.74, 6) is -0.865. The number of thioether (sulfide) groups is 1. The number of hydrazine groups is 1. The van der Waals surface area contributed by atoms with Gasteiger partial charge >= 0.3 is 0 Å². The predicted octanol–water partition coefficient (Wildman–Crippen LogP) is 3.75. The van der Waals surface area contributed by atoms with E-state index in [-0.39, 0.29) is 24.1 Å². The Kier molecular flexibility index (Phi) is 7.59. The Bertz CT molecular complexity index is 1030. The number of nitrogens with zero attached hydrogens (tertiary/aromatic N) is 1. The molecule has 31 heavy (non-hydrogen) atoms. The van der Waals surface area contributed by atoms with Crippen molar-refractivity contribution in [3.05, 3.63) is 75.7 Å². The molecule has 6 nitrogen and oxygen atoms in total. The van der Waals surface area contributed by atoms with Crippen molar-refractivity contribution in [2.24, 2.45) is 0 Å². The smallest absolute Gasteiger partial charge is 0.269 e. The molecule has 1 saturated heterocycles. The van der Waals surface area contributed by atoms with Crippen molar-refractivity contribution < 1.29 is 14.4 Å². The van der Waals surface area contributed by atoms with Crippen molar-refractivity contribution in [1.29, 1.82) is 0 Å². The van der Waals surface area contributed by atoms with Crippen LogP contribution < -0.4 is 10.9 Å². The molecule has 3 amide bonds. The molecule has 2 aromatic rings. The number of rotatable bonds is 6. The van der Waals surface area contributed by atoms with Crippen molar-refractivity contribution >= 4 is 52.1 Å².